The monoisotopic (exact) mass is 334 g/mol. The molecule has 0 radical (unpaired) electrons. The average molecular weight is 334 g/mol. The fraction of sp³-hybridized carbons (Fsp3) is 0.471. The molecule has 1 aromatic carbocycles. The minimum Gasteiger partial charge on any atom is -0.361 e. The Morgan fingerprint density at radius 1 is 1.09 bits per heavy atom. The molecule has 1 fully saturated rings. The maximum absolute atomic E-state index is 13.0. The number of benzene rings is 1. The fourth-order valence-electron chi connectivity index (χ4n) is 3.17. The first-order valence-electron chi connectivity index (χ1n) is 7.95. The van der Waals surface area contributed by atoms with Crippen LogP contribution in [0.4, 0.5) is 0 Å². The van der Waals surface area contributed by atoms with Gasteiger partial charge in [0.05, 0.1) is 10.6 Å². The van der Waals surface area contributed by atoms with Crippen molar-refractivity contribution in [3.05, 3.63) is 35.2 Å². The predicted octanol–water partition coefficient (Wildman–Crippen LogP) is 3.44. The van der Waals surface area contributed by atoms with Crippen molar-refractivity contribution >= 4 is 10.0 Å². The van der Waals surface area contributed by atoms with E-state index in [0.29, 0.717) is 23.7 Å². The Morgan fingerprint density at radius 2 is 1.78 bits per heavy atom. The van der Waals surface area contributed by atoms with Crippen molar-refractivity contribution in [3.63, 3.8) is 0 Å². The molecule has 0 saturated carbocycles. The molecule has 0 bridgehead atoms. The van der Waals surface area contributed by atoms with Crippen LogP contribution in [0, 0.1) is 20.8 Å². The van der Waals surface area contributed by atoms with Crippen molar-refractivity contribution in [2.24, 2.45) is 0 Å². The van der Waals surface area contributed by atoms with E-state index in [9.17, 15) is 8.42 Å². The lowest BCUT2D eigenvalue weighted by Gasteiger charge is -2.26. The Labute approximate surface area is 137 Å². The zero-order valence-electron chi connectivity index (χ0n) is 13.8. The zero-order chi connectivity index (χ0) is 16.6. The molecule has 0 unspecified atom stereocenters. The second-order valence-electron chi connectivity index (χ2n) is 6.14. The number of aryl methyl sites for hydroxylation is 3. The van der Waals surface area contributed by atoms with Crippen LogP contribution >= 0.6 is 0 Å². The van der Waals surface area contributed by atoms with Crippen LogP contribution in [0.3, 0.4) is 0 Å². The van der Waals surface area contributed by atoms with Crippen LogP contribution in [0.5, 0.6) is 0 Å². The molecule has 3 rings (SSSR count). The molecule has 1 aliphatic rings. The van der Waals surface area contributed by atoms with Crippen molar-refractivity contribution in [2.45, 2.75) is 44.9 Å². The van der Waals surface area contributed by atoms with Gasteiger partial charge in [0.15, 0.2) is 0 Å². The molecule has 1 aliphatic heterocycles. The van der Waals surface area contributed by atoms with Crippen molar-refractivity contribution in [2.75, 3.05) is 13.1 Å². The Bertz CT molecular complexity index is 799. The number of nitrogens with zero attached hydrogens (tertiary/aromatic N) is 2. The summed E-state index contributed by atoms with van der Waals surface area (Å²) in [6.07, 6.45) is 2.97. The van der Waals surface area contributed by atoms with Gasteiger partial charge >= 0.3 is 0 Å². The number of aromatic nitrogens is 1. The highest BCUT2D eigenvalue weighted by Crippen LogP contribution is 2.31. The molecule has 2 aromatic rings. The summed E-state index contributed by atoms with van der Waals surface area (Å²) in [4.78, 5) is 0.386. The van der Waals surface area contributed by atoms with Gasteiger partial charge in [-0.1, -0.05) is 23.7 Å². The van der Waals surface area contributed by atoms with Crippen molar-refractivity contribution in [1.82, 2.24) is 9.46 Å². The summed E-state index contributed by atoms with van der Waals surface area (Å²) in [7, 11) is -3.45. The van der Waals surface area contributed by atoms with Crippen molar-refractivity contribution in [3.8, 4) is 11.1 Å². The number of piperidine rings is 1. The number of rotatable bonds is 3. The van der Waals surface area contributed by atoms with E-state index in [1.54, 1.807) is 10.4 Å². The zero-order valence-corrected chi connectivity index (χ0v) is 14.6. The van der Waals surface area contributed by atoms with Gasteiger partial charge in [0, 0.05) is 18.7 Å². The number of hydrogen-bond acceptors (Lipinski definition) is 4. The summed E-state index contributed by atoms with van der Waals surface area (Å²) in [5, 5.41) is 3.96. The van der Waals surface area contributed by atoms with E-state index in [1.807, 2.05) is 32.9 Å². The van der Waals surface area contributed by atoms with Gasteiger partial charge in [0.2, 0.25) is 10.0 Å². The van der Waals surface area contributed by atoms with Crippen LogP contribution in [0.1, 0.15) is 36.3 Å². The predicted molar refractivity (Wildman–Crippen MR) is 88.8 cm³/mol. The van der Waals surface area contributed by atoms with Gasteiger partial charge in [-0.15, -0.1) is 0 Å². The fourth-order valence-corrected chi connectivity index (χ4v) is 4.94. The molecule has 0 N–H and O–H groups in total. The third kappa shape index (κ3) is 2.93. The molecule has 23 heavy (non-hydrogen) atoms. The largest absolute Gasteiger partial charge is 0.361 e. The smallest absolute Gasteiger partial charge is 0.243 e. The second kappa shape index (κ2) is 6.09. The quantitative estimate of drug-likeness (QED) is 0.862. The molecule has 6 heteroatoms. The lowest BCUT2D eigenvalue weighted by atomic mass is 10.0. The lowest BCUT2D eigenvalue weighted by Crippen LogP contribution is -2.35. The highest BCUT2D eigenvalue weighted by atomic mass is 32.2. The first-order valence-corrected chi connectivity index (χ1v) is 9.39. The molecule has 1 saturated heterocycles. The van der Waals surface area contributed by atoms with E-state index in [2.05, 4.69) is 5.16 Å². The standard InChI is InChI=1S/C17H22N2O3S/c1-12-7-8-15(17-13(2)18-22-14(17)3)11-16(12)23(20,21)19-9-5-4-6-10-19/h7-8,11H,4-6,9-10H2,1-3H3. The van der Waals surface area contributed by atoms with Crippen LogP contribution in [-0.4, -0.2) is 31.0 Å². The van der Waals surface area contributed by atoms with Gasteiger partial charge in [0.1, 0.15) is 5.76 Å². The van der Waals surface area contributed by atoms with Gasteiger partial charge in [-0.3, -0.25) is 0 Å². The first-order chi connectivity index (χ1) is 10.9. The van der Waals surface area contributed by atoms with Crippen LogP contribution in [0.2, 0.25) is 0 Å². The summed E-state index contributed by atoms with van der Waals surface area (Å²) in [5.74, 6) is 0.702. The van der Waals surface area contributed by atoms with Gasteiger partial charge in [-0.05, 0) is 50.8 Å². The summed E-state index contributed by atoms with van der Waals surface area (Å²) in [6.45, 7) is 6.76. The van der Waals surface area contributed by atoms with Gasteiger partial charge in [0.25, 0.3) is 0 Å². The summed E-state index contributed by atoms with van der Waals surface area (Å²) in [6, 6.07) is 5.54. The minimum atomic E-state index is -3.45. The Kier molecular flexibility index (Phi) is 4.29. The molecule has 124 valence electrons. The van der Waals surface area contributed by atoms with E-state index in [4.69, 9.17) is 4.52 Å². The molecule has 5 nitrogen and oxygen atoms in total. The second-order valence-corrected chi connectivity index (χ2v) is 8.05. The number of sulfonamides is 1. The van der Waals surface area contributed by atoms with Gasteiger partial charge in [-0.2, -0.15) is 4.31 Å². The molecule has 1 aromatic heterocycles. The number of hydrogen-bond donors (Lipinski definition) is 0. The van der Waals surface area contributed by atoms with Crippen LogP contribution < -0.4 is 0 Å². The summed E-state index contributed by atoms with van der Waals surface area (Å²) >= 11 is 0. The van der Waals surface area contributed by atoms with Crippen LogP contribution in [0.15, 0.2) is 27.6 Å². The topological polar surface area (TPSA) is 63.4 Å². The molecular formula is C17H22N2O3S. The van der Waals surface area contributed by atoms with Crippen molar-refractivity contribution in [1.29, 1.82) is 0 Å². The third-order valence-electron chi connectivity index (χ3n) is 4.44. The maximum Gasteiger partial charge on any atom is 0.243 e. The first kappa shape index (κ1) is 16.2. The molecule has 0 spiro atoms. The maximum atomic E-state index is 13.0. The normalized spacial score (nSPS) is 16.7. The van der Waals surface area contributed by atoms with Gasteiger partial charge in [-0.25, -0.2) is 8.42 Å². The minimum absolute atomic E-state index is 0.386. The van der Waals surface area contributed by atoms with Crippen LogP contribution in [0.25, 0.3) is 11.1 Å². The summed E-state index contributed by atoms with van der Waals surface area (Å²) in [5.41, 5.74) is 3.25. The SMILES string of the molecule is Cc1ccc(-c2c(C)noc2C)cc1S(=O)(=O)N1CCCCC1. The highest BCUT2D eigenvalue weighted by Gasteiger charge is 2.28. The molecule has 2 heterocycles. The highest BCUT2D eigenvalue weighted by molar-refractivity contribution is 7.89. The van der Waals surface area contributed by atoms with E-state index in [-0.39, 0.29) is 0 Å². The van der Waals surface area contributed by atoms with E-state index in [1.165, 1.54) is 0 Å². The lowest BCUT2D eigenvalue weighted by molar-refractivity contribution is 0.346. The Morgan fingerprint density at radius 3 is 2.39 bits per heavy atom. The summed E-state index contributed by atoms with van der Waals surface area (Å²) < 4.78 is 32.8. The molecule has 0 atom stereocenters. The molecular weight excluding hydrogens is 312 g/mol. The Hall–Kier alpha value is -1.66. The van der Waals surface area contributed by atoms with Gasteiger partial charge < -0.3 is 4.52 Å². The third-order valence-corrected chi connectivity index (χ3v) is 6.48. The van der Waals surface area contributed by atoms with E-state index in [0.717, 1.165) is 41.6 Å². The molecule has 0 amide bonds. The average Bonchev–Trinajstić information content (AvgIpc) is 2.88. The molecule has 0 aliphatic carbocycles. The Balaban J connectivity index is 2.08. The van der Waals surface area contributed by atoms with Crippen molar-refractivity contribution < 1.29 is 12.9 Å². The van der Waals surface area contributed by atoms with Crippen LogP contribution in [-0.2, 0) is 10.0 Å². The van der Waals surface area contributed by atoms with E-state index < -0.39 is 10.0 Å². The van der Waals surface area contributed by atoms with E-state index >= 15 is 0 Å².